The Morgan fingerprint density at radius 3 is 2.24 bits per heavy atom. The van der Waals surface area contributed by atoms with Crippen molar-refractivity contribution in [3.63, 3.8) is 0 Å². The number of alkyl halides is 3. The first-order valence-corrected chi connectivity index (χ1v) is 15.1. The number of nitrogens with zero attached hydrogens (tertiary/aromatic N) is 3. The number of anilines is 2. The fraction of sp³-hybridized carbons (Fsp3) is 0.375. The molecule has 0 radical (unpaired) electrons. The molecular weight excluding hydrogens is 669 g/mol. The normalized spacial score (nSPS) is 23.3. The summed E-state index contributed by atoms with van der Waals surface area (Å²) < 4.78 is 41.2. The van der Waals surface area contributed by atoms with Crippen molar-refractivity contribution in [2.24, 2.45) is 23.4 Å². The summed E-state index contributed by atoms with van der Waals surface area (Å²) in [6.45, 7) is -0.467. The lowest BCUT2D eigenvalue weighted by atomic mass is 9.57. The molecule has 1 fully saturated rings. The largest absolute Gasteiger partial charge is 0.573 e. The van der Waals surface area contributed by atoms with Gasteiger partial charge in [0, 0.05) is 42.5 Å². The lowest BCUT2D eigenvalue weighted by Crippen LogP contribution is -2.65. The molecule has 15 nitrogen and oxygen atoms in total. The Labute approximate surface area is 282 Å². The van der Waals surface area contributed by atoms with E-state index in [1.54, 1.807) is 19.0 Å². The monoisotopic (exact) mass is 704 g/mol. The number of nitrogens with one attached hydrogen (secondary N) is 1. The molecule has 2 aromatic rings. The number of phenolic OH excluding ortho intramolecular Hbond substituents is 1. The summed E-state index contributed by atoms with van der Waals surface area (Å²) in [5, 5.41) is 49.1. The van der Waals surface area contributed by atoms with Gasteiger partial charge in [0.2, 0.25) is 5.78 Å². The van der Waals surface area contributed by atoms with Gasteiger partial charge in [-0.15, -0.1) is 13.2 Å². The fourth-order valence-electron chi connectivity index (χ4n) is 7.06. The molecule has 268 valence electrons. The molecule has 0 heterocycles. The molecule has 3 aliphatic rings. The smallest absolute Gasteiger partial charge is 0.508 e. The Morgan fingerprint density at radius 2 is 1.70 bits per heavy atom. The zero-order valence-corrected chi connectivity index (χ0v) is 27.2. The maximum Gasteiger partial charge on any atom is 0.573 e. The van der Waals surface area contributed by atoms with E-state index in [4.69, 9.17) is 11.6 Å². The highest BCUT2D eigenvalue weighted by atomic mass is 19.4. The van der Waals surface area contributed by atoms with E-state index < -0.39 is 88.5 Å². The number of hydrogen-bond donors (Lipinski definition) is 7. The number of aliphatic hydroxyl groups is 3. The van der Waals surface area contributed by atoms with Crippen molar-refractivity contribution in [3.8, 4) is 11.5 Å². The summed E-state index contributed by atoms with van der Waals surface area (Å²) in [5.74, 6) is -2.46. The highest BCUT2D eigenvalue weighted by Gasteiger charge is 2.64. The van der Waals surface area contributed by atoms with Crippen LogP contribution in [0.1, 0.15) is 23.1 Å². The number of primary amides is 1. The van der Waals surface area contributed by atoms with Crippen LogP contribution in [-0.2, 0) is 27.3 Å². The number of fused-ring (bicyclic) bond motifs is 3. The van der Waals surface area contributed by atoms with Crippen molar-refractivity contribution < 1.29 is 57.5 Å². The van der Waals surface area contributed by atoms with E-state index in [-0.39, 0.29) is 35.2 Å². The Balaban J connectivity index is 1.52. The molecule has 5 rings (SSSR count). The number of halogens is 3. The topological polar surface area (TPSA) is 232 Å². The Bertz CT molecular complexity index is 1860. The van der Waals surface area contributed by atoms with Crippen molar-refractivity contribution in [3.05, 3.63) is 63.9 Å². The molecule has 2 aromatic carbocycles. The Hall–Kier alpha value is -5.33. The van der Waals surface area contributed by atoms with Crippen molar-refractivity contribution in [1.29, 1.82) is 0 Å². The zero-order valence-electron chi connectivity index (χ0n) is 27.2. The summed E-state index contributed by atoms with van der Waals surface area (Å²) in [5.41, 5.74) is 2.02. The van der Waals surface area contributed by atoms with Gasteiger partial charge in [-0.05, 0) is 68.8 Å². The molecule has 0 saturated heterocycles. The molecule has 0 aliphatic heterocycles. The van der Waals surface area contributed by atoms with Gasteiger partial charge < -0.3 is 41.1 Å². The minimum atomic E-state index is -4.91. The maximum absolute atomic E-state index is 14.2. The van der Waals surface area contributed by atoms with E-state index in [0.717, 1.165) is 24.3 Å². The van der Waals surface area contributed by atoms with Gasteiger partial charge >= 0.3 is 12.4 Å². The highest BCUT2D eigenvalue weighted by molar-refractivity contribution is 6.24. The summed E-state index contributed by atoms with van der Waals surface area (Å²) in [6, 6.07) is 3.62. The molecule has 50 heavy (non-hydrogen) atoms. The quantitative estimate of drug-likeness (QED) is 0.0947. The first-order valence-electron chi connectivity index (χ1n) is 15.1. The first kappa shape index (κ1) is 36.0. The van der Waals surface area contributed by atoms with Crippen molar-refractivity contribution in [2.75, 3.05) is 38.4 Å². The Morgan fingerprint density at radius 1 is 1.08 bits per heavy atom. The van der Waals surface area contributed by atoms with Gasteiger partial charge in [0.1, 0.15) is 28.6 Å². The average molecular weight is 705 g/mol. The molecule has 18 heteroatoms. The minimum Gasteiger partial charge on any atom is -0.508 e. The van der Waals surface area contributed by atoms with Crippen LogP contribution in [0.2, 0.25) is 0 Å². The first-order chi connectivity index (χ1) is 23.2. The van der Waals surface area contributed by atoms with Crippen LogP contribution in [-0.4, -0.2) is 100 Å². The number of Topliss-reactive ketones (excluding diaryl/α,β-unsaturated/α-hetero) is 2. The van der Waals surface area contributed by atoms with Gasteiger partial charge in [-0.25, -0.2) is 10.6 Å². The number of hydrazine groups is 1. The van der Waals surface area contributed by atoms with Crippen LogP contribution >= 0.6 is 0 Å². The fourth-order valence-corrected chi connectivity index (χ4v) is 7.06. The predicted octanol–water partition coefficient (Wildman–Crippen LogP) is 1.84. The second kappa shape index (κ2) is 12.5. The molecule has 0 bridgehead atoms. The molecule has 0 aromatic heterocycles. The minimum absolute atomic E-state index is 0.0131. The lowest BCUT2D eigenvalue weighted by molar-refractivity contribution is -0.274. The summed E-state index contributed by atoms with van der Waals surface area (Å²) >= 11 is 0. The number of amides is 3. The number of ether oxygens (including phenoxy) is 1. The van der Waals surface area contributed by atoms with Crippen LogP contribution in [0.15, 0.2) is 47.2 Å². The number of carbonyl (C=O) groups is 4. The van der Waals surface area contributed by atoms with Gasteiger partial charge in [0.05, 0.1) is 18.2 Å². The molecule has 1 unspecified atom stereocenters. The summed E-state index contributed by atoms with van der Waals surface area (Å²) in [4.78, 5) is 55.6. The van der Waals surface area contributed by atoms with Gasteiger partial charge in [0.25, 0.3) is 5.91 Å². The highest BCUT2D eigenvalue weighted by Crippen LogP contribution is 2.54. The number of carbonyl (C=O) groups excluding carboxylic acids is 4. The molecule has 1 saturated carbocycles. The number of aromatic hydroxyl groups is 1. The number of likely N-dealkylation sites (N-methyl/N-ethyl adjacent to an activating group) is 1. The van der Waals surface area contributed by atoms with Crippen LogP contribution in [0.5, 0.6) is 11.5 Å². The van der Waals surface area contributed by atoms with Crippen LogP contribution in [0.4, 0.5) is 29.3 Å². The second-order valence-electron chi connectivity index (χ2n) is 12.7. The number of rotatable bonds is 7. The number of hydrogen-bond acceptors (Lipinski definition) is 12. The van der Waals surface area contributed by atoms with Crippen LogP contribution < -0.4 is 26.5 Å². The van der Waals surface area contributed by atoms with Gasteiger partial charge in [-0.2, -0.15) is 0 Å². The van der Waals surface area contributed by atoms with Gasteiger partial charge in [0.15, 0.2) is 11.4 Å². The van der Waals surface area contributed by atoms with E-state index >= 15 is 0 Å². The summed E-state index contributed by atoms with van der Waals surface area (Å²) in [6.07, 6.45) is -4.96. The zero-order chi connectivity index (χ0) is 37.2. The van der Waals surface area contributed by atoms with E-state index in [2.05, 4.69) is 10.1 Å². The van der Waals surface area contributed by atoms with Gasteiger partial charge in [-0.1, -0.05) is 0 Å². The summed E-state index contributed by atoms with van der Waals surface area (Å²) in [7, 11) is 6.35. The maximum atomic E-state index is 14.2. The third-order valence-electron chi connectivity index (χ3n) is 9.20. The predicted molar refractivity (Wildman–Crippen MR) is 170 cm³/mol. The van der Waals surface area contributed by atoms with Crippen molar-refractivity contribution in [1.82, 2.24) is 9.91 Å². The third-order valence-corrected chi connectivity index (χ3v) is 9.20. The van der Waals surface area contributed by atoms with E-state index in [1.165, 1.54) is 25.1 Å². The SMILES string of the molecule is CN(C)c1cc(CN(N)C(=O)Nc2ccc(OC(F)(F)F)cc2)c(O)c2c1C[C@H]1C[C@H]3C(N(C)C)C(=O)C(C(N)=O)=C(O)[C@@]3(O)C(=O)C1=C2O. The molecule has 9 N–H and O–H groups in total. The molecule has 3 amide bonds. The number of aliphatic hydroxyl groups excluding tert-OH is 2. The van der Waals surface area contributed by atoms with Crippen molar-refractivity contribution in [2.45, 2.75) is 37.4 Å². The van der Waals surface area contributed by atoms with E-state index in [1.807, 2.05) is 0 Å². The van der Waals surface area contributed by atoms with Crippen molar-refractivity contribution >= 4 is 40.6 Å². The van der Waals surface area contributed by atoms with Crippen LogP contribution in [0.3, 0.4) is 0 Å². The molecule has 4 atom stereocenters. The molecule has 0 spiro atoms. The standard InChI is InChI=1S/C32H35F3N6O9/c1-39(2)19-11-14(12-41(37)30(48)38-15-5-7-16(8-6-15)50-32(33,34)35)24(42)21-17(19)9-13-10-18-23(40(3)4)26(44)22(29(36)47)28(46)31(18,49)27(45)20(13)25(21)43/h5-8,11,13,18,23,42-43,46,49H,9-10,12,37H2,1-4H3,(H2,36,47)(H,38,48)/t13-,18-,23?,31-/m0/s1. The Kier molecular flexibility index (Phi) is 9.01. The number of phenols is 1. The number of nitrogens with two attached hydrogens (primary N) is 2. The second-order valence-corrected chi connectivity index (χ2v) is 12.7. The number of benzene rings is 2. The van der Waals surface area contributed by atoms with E-state index in [0.29, 0.717) is 16.3 Å². The van der Waals surface area contributed by atoms with E-state index in [9.17, 15) is 52.8 Å². The molecule has 3 aliphatic carbocycles. The third kappa shape index (κ3) is 5.94. The molecular formula is C32H35F3N6O9. The van der Waals surface area contributed by atoms with Crippen LogP contribution in [0, 0.1) is 11.8 Å². The van der Waals surface area contributed by atoms with Gasteiger partial charge in [-0.3, -0.25) is 24.3 Å². The lowest BCUT2D eigenvalue weighted by Gasteiger charge is -2.50. The number of ketones is 2. The average Bonchev–Trinajstić information content (AvgIpc) is 3.00. The number of urea groups is 1. The van der Waals surface area contributed by atoms with Crippen LogP contribution in [0.25, 0.3) is 5.76 Å².